The second-order valence-corrected chi connectivity index (χ2v) is 7.97. The fourth-order valence-corrected chi connectivity index (χ4v) is 4.51. The van der Waals surface area contributed by atoms with Gasteiger partial charge >= 0.3 is 11.9 Å². The average Bonchev–Trinajstić information content (AvgIpc) is 3.08. The van der Waals surface area contributed by atoms with Crippen LogP contribution in [0.3, 0.4) is 0 Å². The van der Waals surface area contributed by atoms with E-state index in [0.29, 0.717) is 22.3 Å². The number of carbonyl (C=O) groups is 2. The molecule has 0 aliphatic heterocycles. The maximum absolute atomic E-state index is 13.3. The van der Waals surface area contributed by atoms with Crippen LogP contribution in [0.4, 0.5) is 0 Å². The first kappa shape index (κ1) is 20.8. The molecule has 0 saturated carbocycles. The van der Waals surface area contributed by atoms with Crippen molar-refractivity contribution in [3.05, 3.63) is 89.6 Å². The van der Waals surface area contributed by atoms with Crippen LogP contribution in [-0.4, -0.2) is 23.1 Å². The minimum Gasteiger partial charge on any atom is -0.462 e. The van der Waals surface area contributed by atoms with Gasteiger partial charge in [-0.2, -0.15) is 0 Å². The molecule has 0 unspecified atom stereocenters. The number of aryl methyl sites for hydroxylation is 1. The van der Waals surface area contributed by atoms with Gasteiger partial charge < -0.3 is 14.0 Å². The van der Waals surface area contributed by atoms with Gasteiger partial charge in [-0.3, -0.25) is 0 Å². The first-order valence-corrected chi connectivity index (χ1v) is 10.9. The Kier molecular flexibility index (Phi) is 5.09. The van der Waals surface area contributed by atoms with Gasteiger partial charge in [0.25, 0.3) is 0 Å². The number of rotatable bonds is 4. The van der Waals surface area contributed by atoms with E-state index in [1.54, 1.807) is 19.1 Å². The lowest BCUT2D eigenvalue weighted by Gasteiger charge is -2.12. The highest BCUT2D eigenvalue weighted by Gasteiger charge is 2.24. The molecule has 0 radical (unpaired) electrons. The summed E-state index contributed by atoms with van der Waals surface area (Å²) in [6.07, 6.45) is 0. The van der Waals surface area contributed by atoms with Crippen molar-refractivity contribution < 1.29 is 19.1 Å². The van der Waals surface area contributed by atoms with Crippen molar-refractivity contribution in [3.63, 3.8) is 0 Å². The number of benzene rings is 4. The van der Waals surface area contributed by atoms with E-state index in [-0.39, 0.29) is 12.6 Å². The maximum atomic E-state index is 13.3. The summed E-state index contributed by atoms with van der Waals surface area (Å²) in [6.45, 7) is 3.96. The predicted molar refractivity (Wildman–Crippen MR) is 130 cm³/mol. The van der Waals surface area contributed by atoms with Crippen molar-refractivity contribution in [3.8, 4) is 5.75 Å². The van der Waals surface area contributed by atoms with E-state index in [1.807, 2.05) is 79.2 Å². The number of aromatic nitrogens is 1. The third kappa shape index (κ3) is 3.33. The van der Waals surface area contributed by atoms with E-state index in [0.717, 1.165) is 32.8 Å². The third-order valence-corrected chi connectivity index (χ3v) is 6.14. The van der Waals surface area contributed by atoms with Crippen LogP contribution in [0.25, 0.3) is 32.4 Å². The summed E-state index contributed by atoms with van der Waals surface area (Å²) < 4.78 is 13.3. The Bertz CT molecular complexity index is 1560. The average molecular weight is 437 g/mol. The summed E-state index contributed by atoms with van der Waals surface area (Å²) in [5.41, 5.74) is 2.68. The van der Waals surface area contributed by atoms with E-state index in [9.17, 15) is 9.59 Å². The molecule has 0 fully saturated rings. The number of carbonyl (C=O) groups excluding carboxylic acids is 2. The molecule has 0 bridgehead atoms. The van der Waals surface area contributed by atoms with E-state index in [2.05, 4.69) is 0 Å². The van der Waals surface area contributed by atoms with Crippen molar-refractivity contribution in [1.29, 1.82) is 0 Å². The number of hydrogen-bond acceptors (Lipinski definition) is 4. The van der Waals surface area contributed by atoms with Crippen LogP contribution in [0.5, 0.6) is 5.75 Å². The molecule has 0 aliphatic rings. The molecule has 164 valence electrons. The molecule has 5 rings (SSSR count). The first-order valence-electron chi connectivity index (χ1n) is 10.9. The summed E-state index contributed by atoms with van der Waals surface area (Å²) in [7, 11) is 1.93. The molecule has 0 spiro atoms. The van der Waals surface area contributed by atoms with Crippen LogP contribution >= 0.6 is 0 Å². The second kappa shape index (κ2) is 8.10. The molecular weight excluding hydrogens is 414 g/mol. The molecule has 5 nitrogen and oxygen atoms in total. The lowest BCUT2D eigenvalue weighted by atomic mass is 10.0. The van der Waals surface area contributed by atoms with Gasteiger partial charge in [0.05, 0.1) is 23.3 Å². The first-order chi connectivity index (χ1) is 16.0. The highest BCUT2D eigenvalue weighted by Crippen LogP contribution is 2.38. The minimum atomic E-state index is -0.443. The fourth-order valence-electron chi connectivity index (χ4n) is 4.51. The van der Waals surface area contributed by atoms with E-state index >= 15 is 0 Å². The zero-order valence-electron chi connectivity index (χ0n) is 18.7. The third-order valence-electron chi connectivity index (χ3n) is 6.14. The molecule has 5 heteroatoms. The number of fused-ring (bicyclic) bond motifs is 4. The van der Waals surface area contributed by atoms with Crippen LogP contribution in [0.1, 0.15) is 33.3 Å². The highest BCUT2D eigenvalue weighted by molar-refractivity contribution is 6.17. The monoisotopic (exact) mass is 437 g/mol. The zero-order chi connectivity index (χ0) is 23.1. The highest BCUT2D eigenvalue weighted by atomic mass is 16.5. The second-order valence-electron chi connectivity index (χ2n) is 7.97. The molecule has 4 aromatic carbocycles. The molecule has 0 atom stereocenters. The Morgan fingerprint density at radius 2 is 1.48 bits per heavy atom. The molecule has 5 aromatic rings. The van der Waals surface area contributed by atoms with Gasteiger partial charge in [0.15, 0.2) is 0 Å². The van der Waals surface area contributed by atoms with E-state index in [4.69, 9.17) is 9.47 Å². The topological polar surface area (TPSA) is 57.5 Å². The fraction of sp³-hybridized carbons (Fsp3) is 0.143. The van der Waals surface area contributed by atoms with Crippen LogP contribution < -0.4 is 4.74 Å². The van der Waals surface area contributed by atoms with Crippen LogP contribution in [0, 0.1) is 6.92 Å². The molecule has 1 aromatic heterocycles. The van der Waals surface area contributed by atoms with Crippen molar-refractivity contribution in [2.24, 2.45) is 7.05 Å². The number of hydrogen-bond donors (Lipinski definition) is 0. The Morgan fingerprint density at radius 3 is 2.24 bits per heavy atom. The molecule has 0 saturated heterocycles. The quantitative estimate of drug-likeness (QED) is 0.249. The van der Waals surface area contributed by atoms with Crippen molar-refractivity contribution in [2.75, 3.05) is 6.61 Å². The summed E-state index contributed by atoms with van der Waals surface area (Å²) in [5, 5.41) is 4.20. The van der Waals surface area contributed by atoms with Gasteiger partial charge in [-0.25, -0.2) is 9.59 Å². The van der Waals surface area contributed by atoms with Gasteiger partial charge in [0.2, 0.25) is 0 Å². The molecule has 0 amide bonds. The molecule has 1 heterocycles. The molecule has 0 N–H and O–H groups in total. The smallest absolute Gasteiger partial charge is 0.344 e. The Balaban J connectivity index is 1.71. The SMILES string of the molecule is CCOC(=O)c1c(C)n(C)c2c1cc(OC(=O)c1cccc3ccccc13)c1ccccc12. The van der Waals surface area contributed by atoms with Gasteiger partial charge in [0.1, 0.15) is 5.75 Å². The van der Waals surface area contributed by atoms with Gasteiger partial charge in [-0.15, -0.1) is 0 Å². The van der Waals surface area contributed by atoms with Crippen molar-refractivity contribution >= 4 is 44.4 Å². The standard InChI is InChI=1S/C28H23NO4/c1-4-32-28(31)25-17(2)29(3)26-21-14-8-7-13-20(21)24(16-23(25)26)33-27(30)22-15-9-11-18-10-5-6-12-19(18)22/h5-16H,4H2,1-3H3. The summed E-state index contributed by atoms with van der Waals surface area (Å²) >= 11 is 0. The summed E-state index contributed by atoms with van der Waals surface area (Å²) in [4.78, 5) is 26.1. The zero-order valence-corrected chi connectivity index (χ0v) is 18.7. The lowest BCUT2D eigenvalue weighted by molar-refractivity contribution is 0.0527. The predicted octanol–water partition coefficient (Wildman–Crippen LogP) is 6.19. The summed E-state index contributed by atoms with van der Waals surface area (Å²) in [5.74, 6) is -0.420. The van der Waals surface area contributed by atoms with Gasteiger partial charge in [-0.1, -0.05) is 60.7 Å². The van der Waals surface area contributed by atoms with Gasteiger partial charge in [0, 0.05) is 28.9 Å². The summed E-state index contributed by atoms with van der Waals surface area (Å²) in [6, 6.07) is 22.8. The van der Waals surface area contributed by atoms with Crippen LogP contribution in [-0.2, 0) is 11.8 Å². The Labute approximate surface area is 191 Å². The van der Waals surface area contributed by atoms with Crippen molar-refractivity contribution in [2.45, 2.75) is 13.8 Å². The van der Waals surface area contributed by atoms with Crippen LogP contribution in [0.2, 0.25) is 0 Å². The Hall–Kier alpha value is -4.12. The largest absolute Gasteiger partial charge is 0.462 e. The Morgan fingerprint density at radius 1 is 0.818 bits per heavy atom. The molecule has 33 heavy (non-hydrogen) atoms. The minimum absolute atomic E-state index is 0.283. The number of esters is 2. The number of nitrogens with zero attached hydrogens (tertiary/aromatic N) is 1. The van der Waals surface area contributed by atoms with Gasteiger partial charge in [-0.05, 0) is 36.8 Å². The molecular formula is C28H23NO4. The normalized spacial score (nSPS) is 11.2. The molecule has 0 aliphatic carbocycles. The van der Waals surface area contributed by atoms with E-state index in [1.165, 1.54) is 0 Å². The number of ether oxygens (including phenoxy) is 2. The van der Waals surface area contributed by atoms with E-state index < -0.39 is 5.97 Å². The van der Waals surface area contributed by atoms with Crippen LogP contribution in [0.15, 0.2) is 72.8 Å². The lowest BCUT2D eigenvalue weighted by Crippen LogP contribution is -2.09. The maximum Gasteiger partial charge on any atom is 0.344 e. The van der Waals surface area contributed by atoms with Crippen molar-refractivity contribution in [1.82, 2.24) is 4.57 Å².